The predicted octanol–water partition coefficient (Wildman–Crippen LogP) is 5.21. The van der Waals surface area contributed by atoms with Crippen LogP contribution >= 0.6 is 0 Å². The summed E-state index contributed by atoms with van der Waals surface area (Å²) in [5.74, 6) is 0.935. The molecule has 0 aromatic heterocycles. The summed E-state index contributed by atoms with van der Waals surface area (Å²) in [6, 6.07) is 12.6. The summed E-state index contributed by atoms with van der Waals surface area (Å²) in [4.78, 5) is 12.6. The number of hydrogen-bond donors (Lipinski definition) is 1. The second-order valence-corrected chi connectivity index (χ2v) is 10.7. The zero-order valence-corrected chi connectivity index (χ0v) is 22.0. The van der Waals surface area contributed by atoms with Crippen molar-refractivity contribution in [3.63, 3.8) is 0 Å². The highest BCUT2D eigenvalue weighted by Crippen LogP contribution is 2.30. The summed E-state index contributed by atoms with van der Waals surface area (Å²) in [5.41, 5.74) is 1.72. The van der Waals surface area contributed by atoms with Crippen LogP contribution in [0.3, 0.4) is 0 Å². The third kappa shape index (κ3) is 6.96. The average molecular weight is 491 g/mol. The van der Waals surface area contributed by atoms with E-state index in [1.165, 1.54) is 29.1 Å². The van der Waals surface area contributed by atoms with Gasteiger partial charge in [-0.25, -0.2) is 8.42 Å². The van der Waals surface area contributed by atoms with Gasteiger partial charge >= 0.3 is 0 Å². The van der Waals surface area contributed by atoms with E-state index in [9.17, 15) is 13.2 Å². The molecule has 188 valence electrons. The van der Waals surface area contributed by atoms with Crippen molar-refractivity contribution in [3.8, 4) is 11.5 Å². The van der Waals surface area contributed by atoms with Crippen LogP contribution in [0.4, 0.5) is 5.69 Å². The van der Waals surface area contributed by atoms with Crippen LogP contribution in [-0.4, -0.2) is 45.4 Å². The van der Waals surface area contributed by atoms with E-state index in [0.717, 1.165) is 12.2 Å². The molecule has 0 spiro atoms. The Morgan fingerprint density at radius 2 is 1.68 bits per heavy atom. The summed E-state index contributed by atoms with van der Waals surface area (Å²) >= 11 is 0. The van der Waals surface area contributed by atoms with E-state index in [-0.39, 0.29) is 22.6 Å². The quantitative estimate of drug-likeness (QED) is 0.390. The number of anilines is 1. The van der Waals surface area contributed by atoms with Gasteiger partial charge in [0.2, 0.25) is 15.9 Å². The Hall–Kier alpha value is -2.58. The number of nitrogens with one attached hydrogen (secondary N) is 1. The number of nitrogens with zero attached hydrogens (tertiary/aromatic N) is 1. The molecule has 1 amide bonds. The number of hydrogen-bond acceptors (Lipinski definition) is 5. The maximum Gasteiger partial charge on any atom is 0.243 e. The normalized spacial score (nSPS) is 12.0. The zero-order chi connectivity index (χ0) is 25.4. The average Bonchev–Trinajstić information content (AvgIpc) is 2.82. The molecule has 0 fully saturated rings. The largest absolute Gasteiger partial charge is 0.495 e. The first-order valence-electron chi connectivity index (χ1n) is 11.8. The minimum atomic E-state index is -3.64. The van der Waals surface area contributed by atoms with Gasteiger partial charge in [0.05, 0.1) is 24.3 Å². The molecule has 0 aliphatic heterocycles. The fourth-order valence-corrected chi connectivity index (χ4v) is 4.98. The van der Waals surface area contributed by atoms with Crippen LogP contribution in [0.25, 0.3) is 0 Å². The van der Waals surface area contributed by atoms with Gasteiger partial charge in [0, 0.05) is 19.5 Å². The van der Waals surface area contributed by atoms with E-state index in [0.29, 0.717) is 37.6 Å². The number of sulfonamides is 1. The number of ether oxygens (including phenoxy) is 2. The van der Waals surface area contributed by atoms with Crippen LogP contribution in [0.1, 0.15) is 59.4 Å². The SMILES string of the molecule is CCN(CC)S(=O)(=O)c1ccc(OC)c(NC(=O)CCCOc2ccc(C(C)(C)CC)cc2)c1. The van der Waals surface area contributed by atoms with Gasteiger partial charge in [-0.1, -0.05) is 46.8 Å². The van der Waals surface area contributed by atoms with Gasteiger partial charge in [0.25, 0.3) is 0 Å². The van der Waals surface area contributed by atoms with Crippen molar-refractivity contribution in [1.82, 2.24) is 4.31 Å². The first-order chi connectivity index (χ1) is 16.1. The lowest BCUT2D eigenvalue weighted by Crippen LogP contribution is -2.30. The van der Waals surface area contributed by atoms with Gasteiger partial charge in [-0.05, 0) is 54.2 Å². The van der Waals surface area contributed by atoms with Crippen LogP contribution in [0.5, 0.6) is 11.5 Å². The lowest BCUT2D eigenvalue weighted by molar-refractivity contribution is -0.116. The number of amides is 1. The summed E-state index contributed by atoms with van der Waals surface area (Å²) in [6.45, 7) is 11.3. The van der Waals surface area contributed by atoms with Gasteiger partial charge in [0.15, 0.2) is 0 Å². The van der Waals surface area contributed by atoms with Gasteiger partial charge in [-0.2, -0.15) is 4.31 Å². The number of methoxy groups -OCH3 is 1. The summed E-state index contributed by atoms with van der Waals surface area (Å²) in [7, 11) is -2.17. The molecule has 34 heavy (non-hydrogen) atoms. The van der Waals surface area contributed by atoms with Crippen LogP contribution in [0.15, 0.2) is 47.4 Å². The third-order valence-corrected chi connectivity index (χ3v) is 8.17. The van der Waals surface area contributed by atoms with Crippen LogP contribution in [-0.2, 0) is 20.2 Å². The summed E-state index contributed by atoms with van der Waals surface area (Å²) in [5, 5.41) is 2.78. The van der Waals surface area contributed by atoms with E-state index >= 15 is 0 Å². The monoisotopic (exact) mass is 490 g/mol. The number of benzene rings is 2. The lowest BCUT2D eigenvalue weighted by Gasteiger charge is -2.23. The maximum atomic E-state index is 12.8. The molecule has 0 unspecified atom stereocenters. The van der Waals surface area contributed by atoms with Crippen molar-refractivity contribution < 1.29 is 22.7 Å². The fourth-order valence-electron chi connectivity index (χ4n) is 3.50. The van der Waals surface area contributed by atoms with Crippen molar-refractivity contribution in [2.45, 2.75) is 64.2 Å². The molecule has 0 saturated heterocycles. The molecule has 2 aromatic carbocycles. The summed E-state index contributed by atoms with van der Waals surface area (Å²) in [6.07, 6.45) is 1.81. The Balaban J connectivity index is 1.96. The smallest absolute Gasteiger partial charge is 0.243 e. The molecule has 2 rings (SSSR count). The van der Waals surface area contributed by atoms with Gasteiger partial charge < -0.3 is 14.8 Å². The van der Waals surface area contributed by atoms with Gasteiger partial charge in [-0.15, -0.1) is 0 Å². The Morgan fingerprint density at radius 1 is 1.03 bits per heavy atom. The zero-order valence-electron chi connectivity index (χ0n) is 21.2. The van der Waals surface area contributed by atoms with Crippen LogP contribution < -0.4 is 14.8 Å². The van der Waals surface area contributed by atoms with Crippen molar-refractivity contribution in [1.29, 1.82) is 0 Å². The molecule has 0 aliphatic rings. The molecule has 0 radical (unpaired) electrons. The molecular weight excluding hydrogens is 452 g/mol. The topological polar surface area (TPSA) is 84.9 Å². The standard InChI is InChI=1S/C26H38N2O5S/c1-7-26(4,5)20-12-14-21(15-13-20)33-18-10-11-25(29)27-23-19-22(16-17-24(23)32-6)34(30,31)28(8-2)9-3/h12-17,19H,7-11,18H2,1-6H3,(H,27,29). The number of carbonyl (C=O) groups is 1. The van der Waals surface area contributed by atoms with Crippen molar-refractivity contribution in [2.75, 3.05) is 32.1 Å². The Kier molecular flexibility index (Phi) is 9.94. The van der Waals surface area contributed by atoms with Crippen LogP contribution in [0.2, 0.25) is 0 Å². The molecule has 0 heterocycles. The maximum absolute atomic E-state index is 12.8. The predicted molar refractivity (Wildman–Crippen MR) is 136 cm³/mol. The minimum absolute atomic E-state index is 0.116. The van der Waals surface area contributed by atoms with E-state index in [2.05, 4.69) is 38.2 Å². The van der Waals surface area contributed by atoms with Crippen molar-refractivity contribution in [3.05, 3.63) is 48.0 Å². The number of rotatable bonds is 13. The second-order valence-electron chi connectivity index (χ2n) is 8.71. The van der Waals surface area contributed by atoms with E-state index < -0.39 is 10.0 Å². The lowest BCUT2D eigenvalue weighted by atomic mass is 9.82. The highest BCUT2D eigenvalue weighted by atomic mass is 32.2. The minimum Gasteiger partial charge on any atom is -0.495 e. The molecular formula is C26H38N2O5S. The number of carbonyl (C=O) groups excluding carboxylic acids is 1. The molecule has 2 aromatic rings. The second kappa shape index (κ2) is 12.2. The highest BCUT2D eigenvalue weighted by Gasteiger charge is 2.23. The molecule has 7 nitrogen and oxygen atoms in total. The molecule has 0 aliphatic carbocycles. The Labute approximate surface area is 204 Å². The van der Waals surface area contributed by atoms with E-state index in [4.69, 9.17) is 9.47 Å². The van der Waals surface area contributed by atoms with E-state index in [1.807, 2.05) is 12.1 Å². The molecule has 0 bridgehead atoms. The molecule has 0 atom stereocenters. The Bertz CT molecular complexity index is 1050. The first-order valence-corrected chi connectivity index (χ1v) is 13.2. The molecule has 8 heteroatoms. The first kappa shape index (κ1) is 27.7. The summed E-state index contributed by atoms with van der Waals surface area (Å²) < 4.78 is 38.1. The Morgan fingerprint density at radius 3 is 2.24 bits per heavy atom. The van der Waals surface area contributed by atoms with Crippen molar-refractivity contribution >= 4 is 21.6 Å². The highest BCUT2D eigenvalue weighted by molar-refractivity contribution is 7.89. The van der Waals surface area contributed by atoms with Crippen molar-refractivity contribution in [2.24, 2.45) is 0 Å². The fraction of sp³-hybridized carbons (Fsp3) is 0.500. The molecule has 0 saturated carbocycles. The molecule has 1 N–H and O–H groups in total. The third-order valence-electron chi connectivity index (χ3n) is 6.12. The van der Waals surface area contributed by atoms with Gasteiger partial charge in [0.1, 0.15) is 11.5 Å². The van der Waals surface area contributed by atoms with Gasteiger partial charge in [-0.3, -0.25) is 4.79 Å². The van der Waals surface area contributed by atoms with Crippen LogP contribution in [0, 0.1) is 0 Å². The van der Waals surface area contributed by atoms with E-state index in [1.54, 1.807) is 19.9 Å².